The van der Waals surface area contributed by atoms with Crippen LogP contribution < -0.4 is 16.0 Å². The molecule has 5 nitrogen and oxygen atoms in total. The van der Waals surface area contributed by atoms with E-state index >= 15 is 0 Å². The second-order valence-electron chi connectivity index (χ2n) is 4.29. The van der Waals surface area contributed by atoms with E-state index in [1.54, 1.807) is 19.1 Å². The summed E-state index contributed by atoms with van der Waals surface area (Å²) in [5.74, 6) is -1.36. The average Bonchev–Trinajstić information content (AvgIpc) is 2.26. The van der Waals surface area contributed by atoms with E-state index in [4.69, 9.17) is 5.73 Å². The molecule has 1 aromatic carbocycles. The van der Waals surface area contributed by atoms with Gasteiger partial charge in [-0.1, -0.05) is 12.1 Å². The molecule has 1 aliphatic heterocycles. The van der Waals surface area contributed by atoms with Gasteiger partial charge in [0.2, 0.25) is 11.8 Å². The normalized spacial score (nSPS) is 17.6. The summed E-state index contributed by atoms with van der Waals surface area (Å²) in [6.45, 7) is 1.63. The van der Waals surface area contributed by atoms with Crippen LogP contribution in [0.4, 0.5) is 10.1 Å². The summed E-state index contributed by atoms with van der Waals surface area (Å²) in [5, 5.41) is 2.17. The highest BCUT2D eigenvalue weighted by molar-refractivity contribution is 6.02. The Morgan fingerprint density at radius 3 is 2.50 bits per heavy atom. The number of carbonyl (C=O) groups excluding carboxylic acids is 2. The fraction of sp³-hybridized carbons (Fsp3) is 0.333. The van der Waals surface area contributed by atoms with Crippen molar-refractivity contribution < 1.29 is 14.0 Å². The molecule has 1 fully saturated rings. The van der Waals surface area contributed by atoms with Gasteiger partial charge in [-0.15, -0.1) is 0 Å². The number of imide groups is 1. The third-order valence-corrected chi connectivity index (χ3v) is 2.77. The summed E-state index contributed by atoms with van der Waals surface area (Å²) in [4.78, 5) is 24.1. The SMILES string of the molecule is C[C@@H](N)c1cccc(F)c1N1CC(=O)NC(=O)C1. The summed E-state index contributed by atoms with van der Waals surface area (Å²) in [7, 11) is 0. The van der Waals surface area contributed by atoms with E-state index < -0.39 is 17.6 Å². The zero-order valence-electron chi connectivity index (χ0n) is 9.94. The Labute approximate surface area is 104 Å². The minimum absolute atomic E-state index is 0.0492. The minimum atomic E-state index is -0.479. The summed E-state index contributed by atoms with van der Waals surface area (Å²) in [5.41, 5.74) is 6.59. The van der Waals surface area contributed by atoms with Crippen LogP contribution in [0.2, 0.25) is 0 Å². The molecule has 0 spiro atoms. The number of piperazine rings is 1. The zero-order chi connectivity index (χ0) is 13.3. The van der Waals surface area contributed by atoms with E-state index in [-0.39, 0.29) is 24.8 Å². The molecule has 18 heavy (non-hydrogen) atoms. The Morgan fingerprint density at radius 2 is 1.94 bits per heavy atom. The molecular weight excluding hydrogens is 237 g/mol. The number of halogens is 1. The van der Waals surface area contributed by atoms with Gasteiger partial charge >= 0.3 is 0 Å². The molecule has 0 unspecified atom stereocenters. The van der Waals surface area contributed by atoms with Gasteiger partial charge in [0, 0.05) is 6.04 Å². The molecular formula is C12H14FN3O2. The molecule has 0 saturated carbocycles. The van der Waals surface area contributed by atoms with Gasteiger partial charge in [-0.05, 0) is 18.6 Å². The van der Waals surface area contributed by atoms with E-state index in [1.165, 1.54) is 11.0 Å². The highest BCUT2D eigenvalue weighted by Crippen LogP contribution is 2.28. The number of para-hydroxylation sites is 1. The molecule has 6 heteroatoms. The van der Waals surface area contributed by atoms with Crippen LogP contribution in [0.25, 0.3) is 0 Å². The lowest BCUT2D eigenvalue weighted by molar-refractivity contribution is -0.130. The van der Waals surface area contributed by atoms with Crippen LogP contribution >= 0.6 is 0 Å². The lowest BCUT2D eigenvalue weighted by atomic mass is 10.0. The number of carbonyl (C=O) groups is 2. The maximum Gasteiger partial charge on any atom is 0.246 e. The molecule has 0 aliphatic carbocycles. The van der Waals surface area contributed by atoms with Gasteiger partial charge in [-0.2, -0.15) is 0 Å². The zero-order valence-corrected chi connectivity index (χ0v) is 9.94. The summed E-state index contributed by atoms with van der Waals surface area (Å²) < 4.78 is 13.9. The van der Waals surface area contributed by atoms with Crippen molar-refractivity contribution in [1.82, 2.24) is 5.32 Å². The number of amides is 2. The van der Waals surface area contributed by atoms with E-state index in [0.29, 0.717) is 5.56 Å². The molecule has 0 aromatic heterocycles. The van der Waals surface area contributed by atoms with Crippen molar-refractivity contribution in [1.29, 1.82) is 0 Å². The van der Waals surface area contributed by atoms with Crippen LogP contribution in [0.15, 0.2) is 18.2 Å². The predicted molar refractivity (Wildman–Crippen MR) is 64.4 cm³/mol. The highest BCUT2D eigenvalue weighted by atomic mass is 19.1. The minimum Gasteiger partial charge on any atom is -0.350 e. The largest absolute Gasteiger partial charge is 0.350 e. The molecule has 1 aliphatic rings. The molecule has 96 valence electrons. The smallest absolute Gasteiger partial charge is 0.246 e. The standard InChI is InChI=1S/C12H14FN3O2/c1-7(14)8-3-2-4-9(13)12(8)16-5-10(17)15-11(18)6-16/h2-4,7H,5-6,14H2,1H3,(H,15,17,18)/t7-/m1/s1. The van der Waals surface area contributed by atoms with Crippen molar-refractivity contribution in [2.75, 3.05) is 18.0 Å². The van der Waals surface area contributed by atoms with E-state index in [0.717, 1.165) is 0 Å². The quantitative estimate of drug-likeness (QED) is 0.742. The van der Waals surface area contributed by atoms with Gasteiger partial charge in [-0.25, -0.2) is 4.39 Å². The number of hydrogen-bond donors (Lipinski definition) is 2. The molecule has 1 heterocycles. The number of nitrogens with zero attached hydrogens (tertiary/aromatic N) is 1. The first-order chi connectivity index (χ1) is 8.49. The van der Waals surface area contributed by atoms with Gasteiger partial charge in [0.05, 0.1) is 18.8 Å². The Morgan fingerprint density at radius 1 is 1.33 bits per heavy atom. The molecule has 1 atom stereocenters. The lowest BCUT2D eigenvalue weighted by Gasteiger charge is -2.30. The summed E-state index contributed by atoms with van der Waals surface area (Å²) in [6.07, 6.45) is 0. The molecule has 2 amide bonds. The number of hydrogen-bond acceptors (Lipinski definition) is 4. The van der Waals surface area contributed by atoms with Crippen LogP contribution in [-0.4, -0.2) is 24.9 Å². The van der Waals surface area contributed by atoms with Crippen molar-refractivity contribution in [3.63, 3.8) is 0 Å². The van der Waals surface area contributed by atoms with Crippen molar-refractivity contribution >= 4 is 17.5 Å². The Hall–Kier alpha value is -1.95. The molecule has 3 N–H and O–H groups in total. The van der Waals surface area contributed by atoms with Crippen molar-refractivity contribution in [2.24, 2.45) is 5.73 Å². The van der Waals surface area contributed by atoms with E-state index in [2.05, 4.69) is 5.32 Å². The summed E-state index contributed by atoms with van der Waals surface area (Å²) >= 11 is 0. The predicted octanol–water partition coefficient (Wildman–Crippen LogP) is 0.308. The monoisotopic (exact) mass is 251 g/mol. The molecule has 1 aromatic rings. The van der Waals surface area contributed by atoms with Gasteiger partial charge in [0.25, 0.3) is 0 Å². The Balaban J connectivity index is 2.43. The molecule has 1 saturated heterocycles. The number of rotatable bonds is 2. The third-order valence-electron chi connectivity index (χ3n) is 2.77. The molecule has 0 radical (unpaired) electrons. The Kier molecular flexibility index (Phi) is 3.29. The van der Waals surface area contributed by atoms with E-state index in [1.807, 2.05) is 0 Å². The number of nitrogens with one attached hydrogen (secondary N) is 1. The Bertz CT molecular complexity index is 486. The topological polar surface area (TPSA) is 75.4 Å². The fourth-order valence-corrected chi connectivity index (χ4v) is 2.03. The van der Waals surface area contributed by atoms with Crippen molar-refractivity contribution in [3.8, 4) is 0 Å². The first-order valence-corrected chi connectivity index (χ1v) is 5.60. The maximum atomic E-state index is 13.9. The number of anilines is 1. The first-order valence-electron chi connectivity index (χ1n) is 5.60. The van der Waals surface area contributed by atoms with Crippen molar-refractivity contribution in [3.05, 3.63) is 29.6 Å². The third kappa shape index (κ3) is 2.33. The van der Waals surface area contributed by atoms with Gasteiger partial charge in [0.15, 0.2) is 0 Å². The van der Waals surface area contributed by atoms with Crippen molar-refractivity contribution in [2.45, 2.75) is 13.0 Å². The van der Waals surface area contributed by atoms with Gasteiger partial charge in [-0.3, -0.25) is 14.9 Å². The number of nitrogens with two attached hydrogens (primary N) is 1. The number of benzene rings is 1. The van der Waals surface area contributed by atoms with E-state index in [9.17, 15) is 14.0 Å². The lowest BCUT2D eigenvalue weighted by Crippen LogP contribution is -2.52. The fourth-order valence-electron chi connectivity index (χ4n) is 2.03. The van der Waals surface area contributed by atoms with Gasteiger partial charge < -0.3 is 10.6 Å². The van der Waals surface area contributed by atoms with Gasteiger partial charge in [0.1, 0.15) is 5.82 Å². The molecule has 2 rings (SSSR count). The van der Waals surface area contributed by atoms with Crippen LogP contribution in [0.1, 0.15) is 18.5 Å². The highest BCUT2D eigenvalue weighted by Gasteiger charge is 2.27. The maximum absolute atomic E-state index is 13.9. The second-order valence-corrected chi connectivity index (χ2v) is 4.29. The first kappa shape index (κ1) is 12.5. The van der Waals surface area contributed by atoms with Crippen LogP contribution in [-0.2, 0) is 9.59 Å². The van der Waals surface area contributed by atoms with Crippen LogP contribution in [0.5, 0.6) is 0 Å². The second kappa shape index (κ2) is 4.73. The van der Waals surface area contributed by atoms with Crippen LogP contribution in [0, 0.1) is 5.82 Å². The summed E-state index contributed by atoms with van der Waals surface area (Å²) in [6, 6.07) is 4.16. The molecule has 0 bridgehead atoms. The van der Waals surface area contributed by atoms with Crippen LogP contribution in [0.3, 0.4) is 0 Å². The average molecular weight is 251 g/mol.